The molecule has 2 rings (SSSR count). The van der Waals surface area contributed by atoms with E-state index in [4.69, 9.17) is 46.4 Å². The lowest BCUT2D eigenvalue weighted by Crippen LogP contribution is -2.51. The molecule has 0 unspecified atom stereocenters. The smallest absolute Gasteiger partial charge is 0.244 e. The maximum Gasteiger partial charge on any atom is 0.244 e. The van der Waals surface area contributed by atoms with Gasteiger partial charge in [0.15, 0.2) is 0 Å². The monoisotopic (exact) mass is 581 g/mol. The molecule has 2 amide bonds. The molecule has 0 aromatic heterocycles. The van der Waals surface area contributed by atoms with Crippen molar-refractivity contribution in [3.05, 3.63) is 62.1 Å². The Morgan fingerprint density at radius 1 is 0.943 bits per heavy atom. The van der Waals surface area contributed by atoms with Gasteiger partial charge in [-0.3, -0.25) is 13.9 Å². The summed E-state index contributed by atoms with van der Waals surface area (Å²) < 4.78 is 26.1. The lowest BCUT2D eigenvalue weighted by Gasteiger charge is -2.32. The Morgan fingerprint density at radius 2 is 1.49 bits per heavy atom. The molecule has 1 N–H and O–H groups in total. The molecular weight excluding hydrogens is 556 g/mol. The molecule has 0 aliphatic heterocycles. The largest absolute Gasteiger partial charge is 0.354 e. The van der Waals surface area contributed by atoms with Crippen molar-refractivity contribution in [3.63, 3.8) is 0 Å². The van der Waals surface area contributed by atoms with Crippen molar-refractivity contribution in [1.82, 2.24) is 10.2 Å². The Balaban J connectivity index is 2.47. The molecule has 0 fully saturated rings. The summed E-state index contributed by atoms with van der Waals surface area (Å²) >= 11 is 25.0. The molecule has 1 atom stereocenters. The third kappa shape index (κ3) is 7.89. The summed E-state index contributed by atoms with van der Waals surface area (Å²) in [5, 5.41) is 3.52. The Bertz CT molecular complexity index is 1170. The van der Waals surface area contributed by atoms with Crippen molar-refractivity contribution in [1.29, 1.82) is 0 Å². The van der Waals surface area contributed by atoms with Gasteiger partial charge in [-0.25, -0.2) is 8.42 Å². The molecule has 0 saturated heterocycles. The molecule has 0 aliphatic carbocycles. The molecular formula is C23H27Cl4N3O4S. The summed E-state index contributed by atoms with van der Waals surface area (Å²) in [7, 11) is -3.95. The predicted octanol–water partition coefficient (Wildman–Crippen LogP) is 5.26. The van der Waals surface area contributed by atoms with E-state index >= 15 is 0 Å². The van der Waals surface area contributed by atoms with Crippen LogP contribution in [0, 0.1) is 5.92 Å². The SMILES string of the molecule is CC(C)CNC(=O)[C@H](C)N(Cc1c(Cl)cccc1Cl)C(=O)CN(c1cccc(Cl)c1Cl)S(C)(=O)=O. The van der Waals surface area contributed by atoms with Crippen molar-refractivity contribution in [2.45, 2.75) is 33.4 Å². The van der Waals surface area contributed by atoms with Crippen molar-refractivity contribution in [3.8, 4) is 0 Å². The van der Waals surface area contributed by atoms with Crippen LogP contribution >= 0.6 is 46.4 Å². The topological polar surface area (TPSA) is 86.8 Å². The summed E-state index contributed by atoms with van der Waals surface area (Å²) in [5.41, 5.74) is 0.474. The first-order valence-electron chi connectivity index (χ1n) is 10.7. The van der Waals surface area contributed by atoms with Gasteiger partial charge in [-0.15, -0.1) is 0 Å². The van der Waals surface area contributed by atoms with Crippen LogP contribution in [-0.2, 0) is 26.2 Å². The normalized spacial score (nSPS) is 12.4. The van der Waals surface area contributed by atoms with Crippen LogP contribution in [0.15, 0.2) is 36.4 Å². The molecule has 35 heavy (non-hydrogen) atoms. The lowest BCUT2D eigenvalue weighted by atomic mass is 10.1. The highest BCUT2D eigenvalue weighted by atomic mass is 35.5. The van der Waals surface area contributed by atoms with Gasteiger partial charge in [0.2, 0.25) is 21.8 Å². The number of sulfonamides is 1. The van der Waals surface area contributed by atoms with Gasteiger partial charge in [0.25, 0.3) is 0 Å². The maximum absolute atomic E-state index is 13.6. The molecule has 2 aromatic carbocycles. The zero-order valence-electron chi connectivity index (χ0n) is 19.7. The highest BCUT2D eigenvalue weighted by Crippen LogP contribution is 2.34. The van der Waals surface area contributed by atoms with Crippen LogP contribution in [0.4, 0.5) is 5.69 Å². The van der Waals surface area contributed by atoms with E-state index in [-0.39, 0.29) is 28.2 Å². The quantitative estimate of drug-likeness (QED) is 0.414. The Morgan fingerprint density at radius 3 is 2.03 bits per heavy atom. The minimum atomic E-state index is -3.95. The number of hydrogen-bond donors (Lipinski definition) is 1. The van der Waals surface area contributed by atoms with Gasteiger partial charge in [-0.1, -0.05) is 72.4 Å². The molecule has 192 valence electrons. The zero-order valence-corrected chi connectivity index (χ0v) is 23.5. The second-order valence-corrected chi connectivity index (χ2v) is 11.9. The van der Waals surface area contributed by atoms with Gasteiger partial charge < -0.3 is 10.2 Å². The number of nitrogens with one attached hydrogen (secondary N) is 1. The fourth-order valence-electron chi connectivity index (χ4n) is 3.17. The lowest BCUT2D eigenvalue weighted by molar-refractivity contribution is -0.139. The van der Waals surface area contributed by atoms with Crippen LogP contribution in [0.3, 0.4) is 0 Å². The van der Waals surface area contributed by atoms with E-state index in [9.17, 15) is 18.0 Å². The minimum Gasteiger partial charge on any atom is -0.354 e. The summed E-state index contributed by atoms with van der Waals surface area (Å²) in [5.74, 6) is -0.865. The summed E-state index contributed by atoms with van der Waals surface area (Å²) in [6, 6.07) is 8.40. The number of amides is 2. The standard InChI is InChI=1S/C23H27Cl4N3O4S/c1-14(2)11-28-23(32)15(3)29(12-16-17(24)7-5-8-18(16)25)21(31)13-30(35(4,33)34)20-10-6-9-19(26)22(20)27/h5-10,14-15H,11-13H2,1-4H3,(H,28,32)/t15-/m0/s1. The Hall–Kier alpha value is -1.71. The first kappa shape index (κ1) is 29.5. The van der Waals surface area contributed by atoms with E-state index in [0.29, 0.717) is 22.2 Å². The van der Waals surface area contributed by atoms with E-state index in [2.05, 4.69) is 5.32 Å². The van der Waals surface area contributed by atoms with Gasteiger partial charge >= 0.3 is 0 Å². The number of carbonyl (C=O) groups excluding carboxylic acids is 2. The molecule has 12 heteroatoms. The van der Waals surface area contributed by atoms with Crippen molar-refractivity contribution in [2.24, 2.45) is 5.92 Å². The molecule has 0 radical (unpaired) electrons. The van der Waals surface area contributed by atoms with E-state index in [1.165, 1.54) is 23.1 Å². The van der Waals surface area contributed by atoms with Gasteiger partial charge in [0, 0.05) is 28.7 Å². The van der Waals surface area contributed by atoms with Gasteiger partial charge in [0.05, 0.1) is 22.0 Å². The molecule has 0 spiro atoms. The molecule has 7 nitrogen and oxygen atoms in total. The Kier molecular flexibility index (Phi) is 10.5. The van der Waals surface area contributed by atoms with Crippen LogP contribution in [0.5, 0.6) is 0 Å². The van der Waals surface area contributed by atoms with Gasteiger partial charge in [-0.05, 0) is 37.1 Å². The maximum atomic E-state index is 13.6. The summed E-state index contributed by atoms with van der Waals surface area (Å²) in [4.78, 5) is 27.7. The molecule has 0 heterocycles. The van der Waals surface area contributed by atoms with E-state index in [1.807, 2.05) is 13.8 Å². The third-order valence-electron chi connectivity index (χ3n) is 5.12. The number of benzene rings is 2. The Labute approximate surface area is 226 Å². The zero-order chi connectivity index (χ0) is 26.5. The van der Waals surface area contributed by atoms with Crippen molar-refractivity contribution < 1.29 is 18.0 Å². The number of rotatable bonds is 10. The summed E-state index contributed by atoms with van der Waals surface area (Å²) in [6.07, 6.45) is 0.950. The predicted molar refractivity (Wildman–Crippen MR) is 143 cm³/mol. The number of carbonyl (C=O) groups is 2. The number of halogens is 4. The minimum absolute atomic E-state index is 0.0178. The average Bonchev–Trinajstić information content (AvgIpc) is 2.76. The van der Waals surface area contributed by atoms with Gasteiger partial charge in [0.1, 0.15) is 12.6 Å². The van der Waals surface area contributed by atoms with Gasteiger partial charge in [-0.2, -0.15) is 0 Å². The van der Waals surface area contributed by atoms with Crippen molar-refractivity contribution in [2.75, 3.05) is 23.7 Å². The molecule has 0 bridgehead atoms. The third-order valence-corrected chi connectivity index (χ3v) is 7.76. The van der Waals surface area contributed by atoms with E-state index in [0.717, 1.165) is 10.6 Å². The van der Waals surface area contributed by atoms with Crippen LogP contribution < -0.4 is 9.62 Å². The fourth-order valence-corrected chi connectivity index (χ4v) is 4.99. The summed E-state index contributed by atoms with van der Waals surface area (Å²) in [6.45, 7) is 5.10. The molecule has 0 aliphatic rings. The number of hydrogen-bond acceptors (Lipinski definition) is 4. The highest BCUT2D eigenvalue weighted by molar-refractivity contribution is 7.92. The fraction of sp³-hybridized carbons (Fsp3) is 0.391. The van der Waals surface area contributed by atoms with Crippen LogP contribution in [-0.4, -0.2) is 50.5 Å². The molecule has 0 saturated carbocycles. The second-order valence-electron chi connectivity index (χ2n) is 8.38. The first-order chi connectivity index (χ1) is 16.2. The van der Waals surface area contributed by atoms with Crippen LogP contribution in [0.25, 0.3) is 0 Å². The first-order valence-corrected chi connectivity index (χ1v) is 14.0. The average molecular weight is 583 g/mol. The van der Waals surface area contributed by atoms with Crippen molar-refractivity contribution >= 4 is 73.9 Å². The van der Waals surface area contributed by atoms with Crippen LogP contribution in [0.2, 0.25) is 20.1 Å². The number of anilines is 1. The van der Waals surface area contributed by atoms with Crippen LogP contribution in [0.1, 0.15) is 26.3 Å². The number of nitrogens with zero attached hydrogens (tertiary/aromatic N) is 2. The van der Waals surface area contributed by atoms with E-state index in [1.54, 1.807) is 25.1 Å². The van der Waals surface area contributed by atoms with E-state index < -0.39 is 34.4 Å². The molecule has 2 aromatic rings. The highest BCUT2D eigenvalue weighted by Gasteiger charge is 2.31. The second kappa shape index (κ2) is 12.5.